The first-order valence-corrected chi connectivity index (χ1v) is 6.37. The molecule has 6 heteroatoms. The summed E-state index contributed by atoms with van der Waals surface area (Å²) in [5, 5.41) is 3.80. The number of H-pyrrole nitrogens is 1. The summed E-state index contributed by atoms with van der Waals surface area (Å²) in [4.78, 5) is 14.4. The number of rotatable bonds is 5. The van der Waals surface area contributed by atoms with E-state index in [0.29, 0.717) is 5.75 Å². The molecule has 0 spiro atoms. The molecule has 1 heterocycles. The average molecular weight is 322 g/mol. The molecule has 98 valence electrons. The van der Waals surface area contributed by atoms with Gasteiger partial charge in [-0.3, -0.25) is 4.79 Å². The molecular formula is C13H12BrN3O2. The molecule has 5 nitrogen and oxygen atoms in total. The highest BCUT2D eigenvalue weighted by Gasteiger charge is 2.01. The van der Waals surface area contributed by atoms with Crippen LogP contribution in [-0.2, 0) is 4.79 Å². The van der Waals surface area contributed by atoms with Crippen molar-refractivity contribution in [1.29, 1.82) is 0 Å². The maximum atomic E-state index is 11.4. The third-order valence-corrected chi connectivity index (χ3v) is 2.73. The number of aromatic amines is 1. The Morgan fingerprint density at radius 2 is 2.16 bits per heavy atom. The van der Waals surface area contributed by atoms with E-state index in [-0.39, 0.29) is 12.5 Å². The van der Waals surface area contributed by atoms with E-state index in [2.05, 4.69) is 31.4 Å². The van der Waals surface area contributed by atoms with Gasteiger partial charge in [-0.05, 0) is 36.4 Å². The Balaban J connectivity index is 1.74. The van der Waals surface area contributed by atoms with Crippen LogP contribution in [0.4, 0.5) is 0 Å². The maximum absolute atomic E-state index is 11.4. The van der Waals surface area contributed by atoms with Crippen LogP contribution in [0, 0.1) is 0 Å². The number of hydrazone groups is 1. The summed E-state index contributed by atoms with van der Waals surface area (Å²) in [7, 11) is 0. The summed E-state index contributed by atoms with van der Waals surface area (Å²) >= 11 is 3.32. The number of benzene rings is 1. The van der Waals surface area contributed by atoms with Gasteiger partial charge in [-0.25, -0.2) is 5.43 Å². The minimum atomic E-state index is -0.314. The molecule has 1 aromatic heterocycles. The normalized spacial score (nSPS) is 10.6. The number of carbonyl (C=O) groups excluding carboxylic acids is 1. The van der Waals surface area contributed by atoms with E-state index in [0.717, 1.165) is 10.2 Å². The summed E-state index contributed by atoms with van der Waals surface area (Å²) in [6.07, 6.45) is 3.30. The van der Waals surface area contributed by atoms with E-state index in [1.165, 1.54) is 6.21 Å². The van der Waals surface area contributed by atoms with Crippen LogP contribution in [0.15, 0.2) is 52.2 Å². The minimum Gasteiger partial charge on any atom is -0.484 e. The van der Waals surface area contributed by atoms with Crippen LogP contribution in [-0.4, -0.2) is 23.7 Å². The van der Waals surface area contributed by atoms with Crippen LogP contribution >= 0.6 is 15.9 Å². The van der Waals surface area contributed by atoms with E-state index in [1.54, 1.807) is 18.3 Å². The fourth-order valence-corrected chi connectivity index (χ4v) is 1.57. The molecule has 0 bridgehead atoms. The Morgan fingerprint density at radius 3 is 2.84 bits per heavy atom. The fourth-order valence-electron chi connectivity index (χ4n) is 1.31. The van der Waals surface area contributed by atoms with Gasteiger partial charge in [0.15, 0.2) is 6.61 Å². The highest BCUT2D eigenvalue weighted by Crippen LogP contribution is 2.15. The van der Waals surface area contributed by atoms with Crippen LogP contribution < -0.4 is 10.2 Å². The van der Waals surface area contributed by atoms with Crippen LogP contribution in [0.1, 0.15) is 5.69 Å². The van der Waals surface area contributed by atoms with Gasteiger partial charge in [0.1, 0.15) is 5.75 Å². The van der Waals surface area contributed by atoms with Crippen molar-refractivity contribution in [3.63, 3.8) is 0 Å². The standard InChI is InChI=1S/C13H12BrN3O2/c14-10-3-5-12(6-4-10)19-9-13(18)17-16-8-11-2-1-7-15-11/h1-8,15H,9H2,(H,17,18)/b16-8-. The SMILES string of the molecule is O=C(COc1ccc(Br)cc1)N/N=C\c1ccc[nH]1. The number of nitrogens with one attached hydrogen (secondary N) is 2. The molecule has 0 unspecified atom stereocenters. The van der Waals surface area contributed by atoms with Gasteiger partial charge >= 0.3 is 0 Å². The summed E-state index contributed by atoms with van der Waals surface area (Å²) < 4.78 is 6.25. The molecule has 0 atom stereocenters. The zero-order valence-electron chi connectivity index (χ0n) is 9.97. The fraction of sp³-hybridized carbons (Fsp3) is 0.0769. The molecule has 0 fully saturated rings. The topological polar surface area (TPSA) is 66.5 Å². The molecule has 0 radical (unpaired) electrons. The van der Waals surface area contributed by atoms with Gasteiger partial charge in [-0.15, -0.1) is 0 Å². The van der Waals surface area contributed by atoms with Gasteiger partial charge < -0.3 is 9.72 Å². The lowest BCUT2D eigenvalue weighted by atomic mass is 10.3. The first-order valence-electron chi connectivity index (χ1n) is 5.58. The van der Waals surface area contributed by atoms with Gasteiger partial charge in [-0.2, -0.15) is 5.10 Å². The Morgan fingerprint density at radius 1 is 1.37 bits per heavy atom. The summed E-state index contributed by atoms with van der Waals surface area (Å²) in [6.45, 7) is -0.0797. The van der Waals surface area contributed by atoms with Crippen molar-refractivity contribution in [2.45, 2.75) is 0 Å². The lowest BCUT2D eigenvalue weighted by molar-refractivity contribution is -0.123. The summed E-state index contributed by atoms with van der Waals surface area (Å²) in [5.41, 5.74) is 3.19. The molecule has 0 aliphatic rings. The zero-order chi connectivity index (χ0) is 13.5. The molecule has 0 saturated carbocycles. The second-order valence-electron chi connectivity index (χ2n) is 3.66. The average Bonchev–Trinajstić information content (AvgIpc) is 2.91. The molecule has 2 rings (SSSR count). The van der Waals surface area contributed by atoms with Crippen molar-refractivity contribution >= 4 is 28.1 Å². The Hall–Kier alpha value is -2.08. The van der Waals surface area contributed by atoms with Crippen molar-refractivity contribution in [1.82, 2.24) is 10.4 Å². The molecule has 19 heavy (non-hydrogen) atoms. The van der Waals surface area contributed by atoms with Crippen LogP contribution in [0.5, 0.6) is 5.75 Å². The second kappa shape index (κ2) is 6.75. The molecule has 0 saturated heterocycles. The molecule has 2 aromatic rings. The van der Waals surface area contributed by atoms with Crippen LogP contribution in [0.3, 0.4) is 0 Å². The first kappa shape index (κ1) is 13.4. The Bertz CT molecular complexity index is 550. The van der Waals surface area contributed by atoms with Crippen molar-refractivity contribution in [2.24, 2.45) is 5.10 Å². The highest BCUT2D eigenvalue weighted by molar-refractivity contribution is 9.10. The molecule has 0 aliphatic heterocycles. The van der Waals surface area contributed by atoms with Crippen molar-refractivity contribution in [3.05, 3.63) is 52.8 Å². The zero-order valence-corrected chi connectivity index (χ0v) is 11.6. The summed E-state index contributed by atoms with van der Waals surface area (Å²) in [5.74, 6) is 0.317. The van der Waals surface area contributed by atoms with E-state index >= 15 is 0 Å². The predicted molar refractivity (Wildman–Crippen MR) is 76.2 cm³/mol. The minimum absolute atomic E-state index is 0.0797. The van der Waals surface area contributed by atoms with Gasteiger partial charge in [0, 0.05) is 10.7 Å². The molecule has 2 N–H and O–H groups in total. The van der Waals surface area contributed by atoms with Crippen molar-refractivity contribution < 1.29 is 9.53 Å². The molecule has 0 aliphatic carbocycles. The van der Waals surface area contributed by atoms with Gasteiger partial charge in [0.05, 0.1) is 11.9 Å². The van der Waals surface area contributed by atoms with E-state index in [9.17, 15) is 4.79 Å². The third kappa shape index (κ3) is 4.59. The lowest BCUT2D eigenvalue weighted by Gasteiger charge is -2.04. The van der Waals surface area contributed by atoms with Crippen molar-refractivity contribution in [2.75, 3.05) is 6.61 Å². The second-order valence-corrected chi connectivity index (χ2v) is 4.58. The smallest absolute Gasteiger partial charge is 0.277 e. The first-order chi connectivity index (χ1) is 9.24. The number of carbonyl (C=O) groups is 1. The van der Waals surface area contributed by atoms with E-state index in [4.69, 9.17) is 4.74 Å². The van der Waals surface area contributed by atoms with Crippen molar-refractivity contribution in [3.8, 4) is 5.75 Å². The lowest BCUT2D eigenvalue weighted by Crippen LogP contribution is -2.24. The van der Waals surface area contributed by atoms with Gasteiger partial charge in [0.25, 0.3) is 5.91 Å². The van der Waals surface area contributed by atoms with Crippen LogP contribution in [0.25, 0.3) is 0 Å². The Labute approximate surface area is 118 Å². The maximum Gasteiger partial charge on any atom is 0.277 e. The quantitative estimate of drug-likeness (QED) is 0.655. The molecule has 1 amide bonds. The largest absolute Gasteiger partial charge is 0.484 e. The van der Waals surface area contributed by atoms with Gasteiger partial charge in [0.2, 0.25) is 0 Å². The van der Waals surface area contributed by atoms with E-state index in [1.807, 2.05) is 24.3 Å². The molecular weight excluding hydrogens is 310 g/mol. The number of ether oxygens (including phenoxy) is 1. The number of hydrogen-bond acceptors (Lipinski definition) is 3. The number of halogens is 1. The van der Waals surface area contributed by atoms with E-state index < -0.39 is 0 Å². The Kier molecular flexibility index (Phi) is 4.74. The number of amides is 1. The number of aromatic nitrogens is 1. The summed E-state index contributed by atoms with van der Waals surface area (Å²) in [6, 6.07) is 10.9. The van der Waals surface area contributed by atoms with Gasteiger partial charge in [-0.1, -0.05) is 15.9 Å². The number of nitrogens with zero attached hydrogens (tertiary/aromatic N) is 1. The van der Waals surface area contributed by atoms with Crippen LogP contribution in [0.2, 0.25) is 0 Å². The highest BCUT2D eigenvalue weighted by atomic mass is 79.9. The molecule has 1 aromatic carbocycles. The number of hydrogen-bond donors (Lipinski definition) is 2. The third-order valence-electron chi connectivity index (χ3n) is 2.20. The predicted octanol–water partition coefficient (Wildman–Crippen LogP) is 2.31. The monoisotopic (exact) mass is 321 g/mol.